The number of nitrogens with zero attached hydrogens (tertiary/aromatic N) is 1. The van der Waals surface area contributed by atoms with E-state index in [-0.39, 0.29) is 49.6 Å². The van der Waals surface area contributed by atoms with Gasteiger partial charge in [-0.25, -0.2) is 0 Å². The van der Waals surface area contributed by atoms with Crippen LogP contribution in [0.4, 0.5) is 0 Å². The number of rotatable bonds is 12. The molecule has 3 aromatic rings. The fourth-order valence-electron chi connectivity index (χ4n) is 3.94. The van der Waals surface area contributed by atoms with Crippen molar-refractivity contribution in [3.63, 3.8) is 0 Å². The van der Waals surface area contributed by atoms with Crippen LogP contribution in [0.3, 0.4) is 0 Å². The molecule has 3 N–H and O–H groups in total. The predicted molar refractivity (Wildman–Crippen MR) is 134 cm³/mol. The molecule has 0 spiro atoms. The third kappa shape index (κ3) is 9.29. The van der Waals surface area contributed by atoms with Crippen LogP contribution < -0.4 is 39.6 Å². The Kier molecular flexibility index (Phi) is 11.2. The molecule has 0 heterocycles. The van der Waals surface area contributed by atoms with Gasteiger partial charge in [0, 0.05) is 18.5 Å². The van der Waals surface area contributed by atoms with E-state index in [4.69, 9.17) is 9.84 Å². The first-order valence-electron chi connectivity index (χ1n) is 11.5. The normalized spacial score (nSPS) is 11.9. The van der Waals surface area contributed by atoms with E-state index >= 15 is 0 Å². The van der Waals surface area contributed by atoms with E-state index in [0.717, 1.165) is 12.0 Å². The fraction of sp³-hybridized carbons (Fsp3) is 0.357. The Labute approximate surface area is 230 Å². The van der Waals surface area contributed by atoms with Gasteiger partial charge in [-0.05, 0) is 67.1 Å². The Hall–Kier alpha value is -2.40. The summed E-state index contributed by atoms with van der Waals surface area (Å²) in [6, 6.07) is 22.1. The van der Waals surface area contributed by atoms with Gasteiger partial charge >= 0.3 is 35.5 Å². The average Bonchev–Trinajstić information content (AvgIpc) is 2.81. The van der Waals surface area contributed by atoms with Crippen LogP contribution in [0.25, 0.3) is 10.8 Å². The molecule has 0 aliphatic carbocycles. The second-order valence-electron chi connectivity index (χ2n) is 9.28. The number of hydrogen-bond donors (Lipinski definition) is 3. The molecular weight excluding hydrogens is 451 g/mol. The van der Waals surface area contributed by atoms with Gasteiger partial charge in [0.05, 0.1) is 5.56 Å². The number of hydrogen-bond acceptors (Lipinski definition) is 5. The van der Waals surface area contributed by atoms with E-state index < -0.39 is 12.1 Å². The first kappa shape index (κ1) is 28.8. The molecule has 0 radical (unpaired) electrons. The van der Waals surface area contributed by atoms with Crippen LogP contribution in [0, 0.1) is 11.3 Å². The molecule has 0 saturated heterocycles. The van der Waals surface area contributed by atoms with Crippen molar-refractivity contribution in [2.24, 2.45) is 0 Å². The number of aliphatic hydroxyl groups excluding tert-OH is 1. The predicted octanol–water partition coefficient (Wildman–Crippen LogP) is 1.59. The van der Waals surface area contributed by atoms with Gasteiger partial charge in [0.2, 0.25) is 0 Å². The molecule has 180 valence electrons. The number of nitrogens with one attached hydrogen (secondary N) is 1. The molecule has 0 aliphatic rings. The van der Waals surface area contributed by atoms with Crippen LogP contribution in [0.15, 0.2) is 60.7 Å². The van der Waals surface area contributed by atoms with Gasteiger partial charge in [-0.15, -0.1) is 0 Å². The van der Waals surface area contributed by atoms with Crippen molar-refractivity contribution < 1.29 is 50.7 Å². The molecule has 0 bridgehead atoms. The number of benzene rings is 3. The molecule has 35 heavy (non-hydrogen) atoms. The number of carbonyl (C=O) groups is 1. The third-order valence-corrected chi connectivity index (χ3v) is 5.73. The Morgan fingerprint density at radius 2 is 1.83 bits per heavy atom. The second-order valence-corrected chi connectivity index (χ2v) is 9.28. The first-order chi connectivity index (χ1) is 16.3. The SMILES string of the molecule is CC(C)(Cc1ccc2ccccc2c1)NCC(O)COc1cc(CCCC(=O)O)ccc1C#N.[H-].[Na+]. The maximum absolute atomic E-state index is 10.7. The number of β-amino-alcohol motifs (C(OH)–C–C–N with tert-alkyl or cyclic N) is 1. The number of ether oxygens (including phenoxy) is 1. The minimum Gasteiger partial charge on any atom is -1.00 e. The summed E-state index contributed by atoms with van der Waals surface area (Å²) in [5.41, 5.74) is 2.28. The molecule has 0 aromatic heterocycles. The summed E-state index contributed by atoms with van der Waals surface area (Å²) in [6.07, 6.45) is 1.25. The van der Waals surface area contributed by atoms with E-state index in [2.05, 4.69) is 55.6 Å². The maximum Gasteiger partial charge on any atom is 1.00 e. The molecule has 0 fully saturated rings. The van der Waals surface area contributed by atoms with Crippen molar-refractivity contribution in [3.8, 4) is 11.8 Å². The number of aryl methyl sites for hydroxylation is 1. The second kappa shape index (κ2) is 13.6. The molecule has 3 aromatic carbocycles. The molecule has 0 amide bonds. The fourth-order valence-corrected chi connectivity index (χ4v) is 3.94. The average molecular weight is 485 g/mol. The first-order valence-corrected chi connectivity index (χ1v) is 11.5. The standard InChI is InChI=1S/C28H32N2O4.Na.H/c1-28(2,16-21-11-12-22-7-3-4-8-23(22)14-21)30-18-25(31)19-34-26-15-20(6-5-9-27(32)33)10-13-24(26)17-29;;/h3-4,7-8,10-15,25,30-31H,5-6,9,16,18-19H2,1-2H3,(H,32,33);;/q;+1;-1. The van der Waals surface area contributed by atoms with E-state index in [1.54, 1.807) is 18.2 Å². The Balaban J connectivity index is 0.00000324. The third-order valence-electron chi connectivity index (χ3n) is 5.73. The molecular formula is C28H33N2NaO4. The van der Waals surface area contributed by atoms with Crippen molar-refractivity contribution in [2.75, 3.05) is 13.2 Å². The van der Waals surface area contributed by atoms with Crippen LogP contribution >= 0.6 is 0 Å². The summed E-state index contributed by atoms with van der Waals surface area (Å²) in [6.45, 7) is 4.60. The zero-order valence-corrected chi connectivity index (χ0v) is 22.8. The van der Waals surface area contributed by atoms with E-state index in [9.17, 15) is 15.2 Å². The molecule has 0 aliphatic heterocycles. The summed E-state index contributed by atoms with van der Waals surface area (Å²) in [5, 5.41) is 34.5. The molecule has 1 atom stereocenters. The van der Waals surface area contributed by atoms with Gasteiger partial charge in [-0.2, -0.15) is 5.26 Å². The van der Waals surface area contributed by atoms with Crippen LogP contribution in [0.2, 0.25) is 0 Å². The van der Waals surface area contributed by atoms with Gasteiger partial charge < -0.3 is 21.7 Å². The van der Waals surface area contributed by atoms with Crippen LogP contribution in [0.5, 0.6) is 5.75 Å². The van der Waals surface area contributed by atoms with E-state index in [0.29, 0.717) is 30.7 Å². The van der Waals surface area contributed by atoms with Crippen LogP contribution in [-0.4, -0.2) is 41.0 Å². The van der Waals surface area contributed by atoms with Crippen molar-refractivity contribution >= 4 is 16.7 Å². The quantitative estimate of drug-likeness (QED) is 0.338. The topological polar surface area (TPSA) is 103 Å². The van der Waals surface area contributed by atoms with Gasteiger partial charge in [0.1, 0.15) is 24.5 Å². The van der Waals surface area contributed by atoms with Gasteiger partial charge in [0.15, 0.2) is 0 Å². The number of fused-ring (bicyclic) bond motifs is 1. The largest absolute Gasteiger partial charge is 1.00 e. The smallest absolute Gasteiger partial charge is 1.00 e. The summed E-state index contributed by atoms with van der Waals surface area (Å²) in [5.74, 6) is -0.422. The minimum absolute atomic E-state index is 0. The summed E-state index contributed by atoms with van der Waals surface area (Å²) in [7, 11) is 0. The summed E-state index contributed by atoms with van der Waals surface area (Å²) >= 11 is 0. The summed E-state index contributed by atoms with van der Waals surface area (Å²) < 4.78 is 5.76. The minimum atomic E-state index is -0.829. The van der Waals surface area contributed by atoms with E-state index in [1.807, 2.05) is 12.1 Å². The number of carboxylic acid groups (broad SMARTS) is 1. The Morgan fingerprint density at radius 3 is 2.54 bits per heavy atom. The maximum atomic E-state index is 10.7. The molecule has 3 rings (SSSR count). The molecule has 6 nitrogen and oxygen atoms in total. The number of aliphatic hydroxyl groups is 1. The van der Waals surface area contributed by atoms with Crippen molar-refractivity contribution in [1.29, 1.82) is 5.26 Å². The number of nitriles is 1. The van der Waals surface area contributed by atoms with Gasteiger partial charge in [-0.3, -0.25) is 4.79 Å². The summed E-state index contributed by atoms with van der Waals surface area (Å²) in [4.78, 5) is 10.7. The molecule has 7 heteroatoms. The van der Waals surface area contributed by atoms with Crippen LogP contribution in [-0.2, 0) is 17.6 Å². The van der Waals surface area contributed by atoms with Crippen molar-refractivity contribution in [2.45, 2.75) is 51.2 Å². The molecule has 0 saturated carbocycles. The molecule has 1 unspecified atom stereocenters. The van der Waals surface area contributed by atoms with Gasteiger partial charge in [-0.1, -0.05) is 48.5 Å². The van der Waals surface area contributed by atoms with Crippen molar-refractivity contribution in [1.82, 2.24) is 5.32 Å². The van der Waals surface area contributed by atoms with Crippen LogP contribution in [0.1, 0.15) is 44.8 Å². The number of aliphatic carboxylic acids is 1. The zero-order valence-electron chi connectivity index (χ0n) is 21.8. The zero-order chi connectivity index (χ0) is 24.6. The van der Waals surface area contributed by atoms with E-state index in [1.165, 1.54) is 16.3 Å². The van der Waals surface area contributed by atoms with Gasteiger partial charge in [0.25, 0.3) is 0 Å². The number of carboxylic acids is 1. The monoisotopic (exact) mass is 484 g/mol. The Morgan fingerprint density at radius 1 is 1.11 bits per heavy atom. The Bertz CT molecular complexity index is 1180. The van der Waals surface area contributed by atoms with Crippen molar-refractivity contribution in [3.05, 3.63) is 77.4 Å².